The molecule has 2 heteroatoms. The molecule has 48 valence electrons. The zero-order valence-electron chi connectivity index (χ0n) is 4.82. The van der Waals surface area contributed by atoms with Gasteiger partial charge in [-0.05, 0) is 18.6 Å². The number of allylic oxidation sites excluding steroid dienone is 5. The molecule has 1 rings (SSSR count). The zero-order valence-corrected chi connectivity index (χ0v) is 4.82. The summed E-state index contributed by atoms with van der Waals surface area (Å²) in [6.45, 7) is 3.19. The van der Waals surface area contributed by atoms with Crippen molar-refractivity contribution < 1.29 is 8.78 Å². The van der Waals surface area contributed by atoms with E-state index in [0.29, 0.717) is 6.42 Å². The predicted molar refractivity (Wildman–Crippen MR) is 32.1 cm³/mol. The highest BCUT2D eigenvalue weighted by molar-refractivity contribution is 5.40. The molecule has 0 unspecified atom stereocenters. The van der Waals surface area contributed by atoms with Gasteiger partial charge in [-0.15, -0.1) is 0 Å². The van der Waals surface area contributed by atoms with E-state index in [1.165, 1.54) is 12.2 Å². The monoisotopic (exact) mass is 128 g/mol. The molecule has 1 aliphatic rings. The van der Waals surface area contributed by atoms with Crippen molar-refractivity contribution in [2.24, 2.45) is 0 Å². The molecule has 0 atom stereocenters. The first-order valence-corrected chi connectivity index (χ1v) is 2.63. The first kappa shape index (κ1) is 6.20. The Labute approximate surface area is 52.2 Å². The van der Waals surface area contributed by atoms with Crippen molar-refractivity contribution in [3.63, 3.8) is 0 Å². The number of rotatable bonds is 0. The summed E-state index contributed by atoms with van der Waals surface area (Å²) in [6, 6.07) is 0. The molecule has 0 bridgehead atoms. The SMILES string of the molecule is C=C1C(F)=CCC=C1F. The van der Waals surface area contributed by atoms with Gasteiger partial charge in [0.05, 0.1) is 0 Å². The maximum atomic E-state index is 12.3. The summed E-state index contributed by atoms with van der Waals surface area (Å²) < 4.78 is 24.6. The van der Waals surface area contributed by atoms with Crippen molar-refractivity contribution in [3.8, 4) is 0 Å². The van der Waals surface area contributed by atoms with Crippen LogP contribution in [-0.2, 0) is 0 Å². The largest absolute Gasteiger partial charge is 0.207 e. The van der Waals surface area contributed by atoms with Gasteiger partial charge >= 0.3 is 0 Å². The molecular formula is C7H6F2. The predicted octanol–water partition coefficient (Wildman–Crippen LogP) is 2.65. The lowest BCUT2D eigenvalue weighted by molar-refractivity contribution is 0.591. The Morgan fingerprint density at radius 1 is 1.22 bits per heavy atom. The van der Waals surface area contributed by atoms with Gasteiger partial charge in [-0.2, -0.15) is 0 Å². The number of hydrogen-bond acceptors (Lipinski definition) is 0. The van der Waals surface area contributed by atoms with Gasteiger partial charge in [0.1, 0.15) is 11.7 Å². The maximum absolute atomic E-state index is 12.3. The van der Waals surface area contributed by atoms with Crippen LogP contribution in [0, 0.1) is 0 Å². The summed E-state index contributed by atoms with van der Waals surface area (Å²) in [7, 11) is 0. The molecule has 0 heterocycles. The third-order valence-electron chi connectivity index (χ3n) is 1.17. The van der Waals surface area contributed by atoms with Crippen molar-refractivity contribution in [1.29, 1.82) is 0 Å². The molecule has 0 spiro atoms. The topological polar surface area (TPSA) is 0 Å². The Bertz CT molecular complexity index is 179. The Kier molecular flexibility index (Phi) is 1.47. The Balaban J connectivity index is 2.86. The first-order chi connectivity index (χ1) is 4.22. The van der Waals surface area contributed by atoms with Gasteiger partial charge < -0.3 is 0 Å². The molecule has 0 aromatic heterocycles. The molecule has 0 aliphatic heterocycles. The minimum atomic E-state index is -0.546. The van der Waals surface area contributed by atoms with Gasteiger partial charge in [0.2, 0.25) is 0 Å². The summed E-state index contributed by atoms with van der Waals surface area (Å²) in [6.07, 6.45) is 2.92. The van der Waals surface area contributed by atoms with Crippen LogP contribution < -0.4 is 0 Å². The second-order valence-corrected chi connectivity index (χ2v) is 1.82. The number of hydrogen-bond donors (Lipinski definition) is 0. The second kappa shape index (κ2) is 2.13. The summed E-state index contributed by atoms with van der Waals surface area (Å²) >= 11 is 0. The Hall–Kier alpha value is -0.920. The van der Waals surface area contributed by atoms with Crippen LogP contribution in [-0.4, -0.2) is 0 Å². The average molecular weight is 128 g/mol. The molecule has 0 amide bonds. The van der Waals surface area contributed by atoms with E-state index in [1.54, 1.807) is 0 Å². The lowest BCUT2D eigenvalue weighted by atomic mass is 10.1. The molecule has 0 saturated carbocycles. The smallest absolute Gasteiger partial charge is 0.129 e. The summed E-state index contributed by atoms with van der Waals surface area (Å²) in [5.74, 6) is -1.09. The molecule has 0 radical (unpaired) electrons. The minimum Gasteiger partial charge on any atom is -0.207 e. The maximum Gasteiger partial charge on any atom is 0.129 e. The highest BCUT2D eigenvalue weighted by atomic mass is 19.1. The van der Waals surface area contributed by atoms with Crippen molar-refractivity contribution in [2.45, 2.75) is 6.42 Å². The van der Waals surface area contributed by atoms with E-state index in [9.17, 15) is 8.78 Å². The van der Waals surface area contributed by atoms with Crippen molar-refractivity contribution in [1.82, 2.24) is 0 Å². The summed E-state index contributed by atoms with van der Waals surface area (Å²) in [5.41, 5.74) is -0.138. The minimum absolute atomic E-state index is 0.138. The normalized spacial score (nSPS) is 19.1. The molecule has 0 fully saturated rings. The van der Waals surface area contributed by atoms with Crippen molar-refractivity contribution >= 4 is 0 Å². The summed E-state index contributed by atoms with van der Waals surface area (Å²) in [5, 5.41) is 0. The fourth-order valence-corrected chi connectivity index (χ4v) is 0.626. The fraction of sp³-hybridized carbons (Fsp3) is 0.143. The highest BCUT2D eigenvalue weighted by Gasteiger charge is 2.09. The van der Waals surface area contributed by atoms with Crippen LogP contribution in [0.3, 0.4) is 0 Å². The van der Waals surface area contributed by atoms with Crippen LogP contribution >= 0.6 is 0 Å². The zero-order chi connectivity index (χ0) is 6.85. The molecule has 0 aromatic carbocycles. The molecular weight excluding hydrogens is 122 g/mol. The van der Waals surface area contributed by atoms with Gasteiger partial charge in [0.15, 0.2) is 0 Å². The lowest BCUT2D eigenvalue weighted by Gasteiger charge is -2.03. The van der Waals surface area contributed by atoms with Gasteiger partial charge in [-0.25, -0.2) is 8.78 Å². The summed E-state index contributed by atoms with van der Waals surface area (Å²) in [4.78, 5) is 0. The Morgan fingerprint density at radius 3 is 2.00 bits per heavy atom. The first-order valence-electron chi connectivity index (χ1n) is 2.63. The van der Waals surface area contributed by atoms with E-state index >= 15 is 0 Å². The van der Waals surface area contributed by atoms with E-state index < -0.39 is 11.7 Å². The van der Waals surface area contributed by atoms with E-state index in [4.69, 9.17) is 0 Å². The van der Waals surface area contributed by atoms with Crippen LogP contribution in [0.15, 0.2) is 36.0 Å². The standard InChI is InChI=1S/C7H6F2/c1-5-6(8)3-2-4-7(5)9/h3-4H,1-2H2. The quantitative estimate of drug-likeness (QED) is 0.470. The highest BCUT2D eigenvalue weighted by Crippen LogP contribution is 2.24. The van der Waals surface area contributed by atoms with Crippen LogP contribution in [0.5, 0.6) is 0 Å². The molecule has 0 aromatic rings. The molecule has 1 aliphatic carbocycles. The molecule has 9 heavy (non-hydrogen) atoms. The molecule has 0 saturated heterocycles. The number of halogens is 2. The van der Waals surface area contributed by atoms with Crippen LogP contribution in [0.4, 0.5) is 8.78 Å². The molecule has 0 nitrogen and oxygen atoms in total. The van der Waals surface area contributed by atoms with Crippen molar-refractivity contribution in [2.75, 3.05) is 0 Å². The van der Waals surface area contributed by atoms with Gasteiger partial charge in [0.25, 0.3) is 0 Å². The van der Waals surface area contributed by atoms with E-state index in [-0.39, 0.29) is 5.57 Å². The van der Waals surface area contributed by atoms with Gasteiger partial charge in [-0.1, -0.05) is 6.58 Å². The second-order valence-electron chi connectivity index (χ2n) is 1.82. The van der Waals surface area contributed by atoms with E-state index in [2.05, 4.69) is 6.58 Å². The van der Waals surface area contributed by atoms with Gasteiger partial charge in [-0.3, -0.25) is 0 Å². The van der Waals surface area contributed by atoms with E-state index in [1.807, 2.05) is 0 Å². The molecule has 0 N–H and O–H groups in total. The van der Waals surface area contributed by atoms with Gasteiger partial charge in [0, 0.05) is 5.57 Å². The van der Waals surface area contributed by atoms with Crippen molar-refractivity contribution in [3.05, 3.63) is 36.0 Å². The van der Waals surface area contributed by atoms with Crippen LogP contribution in [0.1, 0.15) is 6.42 Å². The van der Waals surface area contributed by atoms with E-state index in [0.717, 1.165) is 0 Å². The fourth-order valence-electron chi connectivity index (χ4n) is 0.626. The van der Waals surface area contributed by atoms with Crippen LogP contribution in [0.25, 0.3) is 0 Å². The van der Waals surface area contributed by atoms with Crippen LogP contribution in [0.2, 0.25) is 0 Å². The Morgan fingerprint density at radius 2 is 1.67 bits per heavy atom. The third kappa shape index (κ3) is 1.07. The average Bonchev–Trinajstić information content (AvgIpc) is 1.83. The lowest BCUT2D eigenvalue weighted by Crippen LogP contribution is -1.88. The third-order valence-corrected chi connectivity index (χ3v) is 1.17.